The maximum atomic E-state index is 12.4. The van der Waals surface area contributed by atoms with Gasteiger partial charge >= 0.3 is 25.6 Å². The Kier molecular flexibility index (Phi) is 8.67. The summed E-state index contributed by atoms with van der Waals surface area (Å²) in [6.07, 6.45) is 1.54. The molecule has 2 aromatic rings. The molecule has 25 heavy (non-hydrogen) atoms. The quantitative estimate of drug-likeness (QED) is 0.672. The summed E-state index contributed by atoms with van der Waals surface area (Å²) in [4.78, 5) is 14.0. The van der Waals surface area contributed by atoms with Crippen molar-refractivity contribution in [1.29, 1.82) is 0 Å². The predicted octanol–water partition coefficient (Wildman–Crippen LogP) is 0.0159. The van der Waals surface area contributed by atoms with Crippen molar-refractivity contribution in [1.82, 2.24) is 4.90 Å². The van der Waals surface area contributed by atoms with Crippen LogP contribution in [0.25, 0.3) is 0 Å². The summed E-state index contributed by atoms with van der Waals surface area (Å²) in [5, 5.41) is 11.8. The number of ether oxygens (including phenoxy) is 1. The summed E-state index contributed by atoms with van der Waals surface area (Å²) in [6, 6.07) is 18.7. The number of amides is 1. The first-order valence-corrected chi connectivity index (χ1v) is 7.64. The number of nitrogens with zero attached hydrogens (tertiary/aromatic N) is 1. The standard InChI is InChI=1S/C19H19NO3.ClH.Zn/c21-17-11-12-20(18(13-17)16-9-5-2-6-10-16)19(22)23-14-15-7-3-1-4-8-15;;/h1-10,13,18,21H,11-12,14H2;1H;/q;;+2/p-2/t18-;;/m1../s1. The fourth-order valence-corrected chi connectivity index (χ4v) is 2.65. The van der Waals surface area contributed by atoms with Gasteiger partial charge in [-0.05, 0) is 17.5 Å². The maximum absolute atomic E-state index is 12.4. The Morgan fingerprint density at radius 1 is 1.08 bits per heavy atom. The van der Waals surface area contributed by atoms with Crippen molar-refractivity contribution in [3.8, 4) is 0 Å². The number of halogens is 1. The van der Waals surface area contributed by atoms with Crippen LogP contribution in [0.2, 0.25) is 0 Å². The van der Waals surface area contributed by atoms with Crippen LogP contribution in [0, 0.1) is 0 Å². The Hall–Kier alpha value is -1.84. The number of benzene rings is 2. The van der Waals surface area contributed by atoms with E-state index in [4.69, 9.17) is 4.74 Å². The molecule has 0 saturated carbocycles. The van der Waals surface area contributed by atoms with E-state index in [0.29, 0.717) is 13.0 Å². The molecule has 0 fully saturated rings. The van der Waals surface area contributed by atoms with Gasteiger partial charge in [-0.2, -0.15) is 0 Å². The van der Waals surface area contributed by atoms with Crippen LogP contribution in [0.3, 0.4) is 0 Å². The van der Waals surface area contributed by atoms with Crippen LogP contribution in [0.4, 0.5) is 4.79 Å². The van der Waals surface area contributed by atoms with E-state index in [9.17, 15) is 9.90 Å². The molecule has 1 heterocycles. The summed E-state index contributed by atoms with van der Waals surface area (Å²) in [5.41, 5.74) is 1.85. The first-order valence-electron chi connectivity index (χ1n) is 7.64. The van der Waals surface area contributed by atoms with Crippen LogP contribution in [0.15, 0.2) is 72.5 Å². The third-order valence-electron chi connectivity index (χ3n) is 3.86. The molecule has 0 spiro atoms. The molecule has 6 heteroatoms. The fourth-order valence-electron chi connectivity index (χ4n) is 2.65. The predicted molar refractivity (Wildman–Crippen MR) is 85.2 cm³/mol. The van der Waals surface area contributed by atoms with Crippen molar-refractivity contribution in [2.75, 3.05) is 6.54 Å². The molecule has 4 nitrogen and oxygen atoms in total. The van der Waals surface area contributed by atoms with Gasteiger partial charge in [-0.15, -0.1) is 5.76 Å². The van der Waals surface area contributed by atoms with Crippen LogP contribution >= 0.6 is 0 Å². The Morgan fingerprint density at radius 2 is 1.68 bits per heavy atom. The van der Waals surface area contributed by atoms with Crippen LogP contribution < -0.4 is 17.5 Å². The molecule has 126 valence electrons. The Bertz CT molecular complexity index is 694. The van der Waals surface area contributed by atoms with Crippen LogP contribution in [0.5, 0.6) is 0 Å². The van der Waals surface area contributed by atoms with Gasteiger partial charge < -0.3 is 22.3 Å². The molecule has 1 aliphatic rings. The number of rotatable bonds is 3. The summed E-state index contributed by atoms with van der Waals surface area (Å²) < 4.78 is 5.41. The van der Waals surface area contributed by atoms with E-state index in [0.717, 1.165) is 11.1 Å². The monoisotopic (exact) mass is 407 g/mol. The minimum absolute atomic E-state index is 0. The van der Waals surface area contributed by atoms with Crippen molar-refractivity contribution in [2.45, 2.75) is 19.1 Å². The number of hydrogen-bond acceptors (Lipinski definition) is 3. The maximum Gasteiger partial charge on any atom is 2.00 e. The van der Waals surface area contributed by atoms with Crippen molar-refractivity contribution in [3.63, 3.8) is 0 Å². The molecular weight excluding hydrogens is 391 g/mol. The second-order valence-corrected chi connectivity index (χ2v) is 5.47. The molecule has 3 rings (SSSR count). The smallest absolute Gasteiger partial charge is 1.00 e. The Balaban J connectivity index is 0.00000156. The SMILES string of the molecule is O=C(OCc1ccccc1)N1CCC([O-])=C[C@@H]1c1ccccc1.[Cl-].[Zn+2]. The summed E-state index contributed by atoms with van der Waals surface area (Å²) in [6.45, 7) is 0.605. The molecule has 2 aromatic carbocycles. The van der Waals surface area contributed by atoms with E-state index in [2.05, 4.69) is 0 Å². The average molecular weight is 409 g/mol. The molecular formula is C19H18ClNO3Zn. The van der Waals surface area contributed by atoms with E-state index in [1.165, 1.54) is 0 Å². The van der Waals surface area contributed by atoms with Crippen molar-refractivity contribution < 1.29 is 46.5 Å². The number of hydrogen-bond donors (Lipinski definition) is 0. The van der Waals surface area contributed by atoms with E-state index in [1.807, 2.05) is 60.7 Å². The van der Waals surface area contributed by atoms with E-state index >= 15 is 0 Å². The summed E-state index contributed by atoms with van der Waals surface area (Å²) in [5.74, 6) is 0.0611. The molecule has 0 unspecified atom stereocenters. The zero-order valence-electron chi connectivity index (χ0n) is 13.8. The van der Waals surface area contributed by atoms with Crippen molar-refractivity contribution >= 4 is 6.09 Å². The summed E-state index contributed by atoms with van der Waals surface area (Å²) in [7, 11) is 0. The van der Waals surface area contributed by atoms with Gasteiger partial charge in [-0.3, -0.25) is 4.90 Å². The normalized spacial score (nSPS) is 16.1. The van der Waals surface area contributed by atoms with Gasteiger partial charge in [0.2, 0.25) is 0 Å². The molecule has 0 N–H and O–H groups in total. The molecule has 0 aliphatic carbocycles. The largest absolute Gasteiger partial charge is 2.00 e. The molecule has 0 aromatic heterocycles. The summed E-state index contributed by atoms with van der Waals surface area (Å²) >= 11 is 0. The average Bonchev–Trinajstić information content (AvgIpc) is 2.61. The number of carbonyl (C=O) groups is 1. The van der Waals surface area contributed by atoms with E-state index in [1.54, 1.807) is 11.0 Å². The fraction of sp³-hybridized carbons (Fsp3) is 0.211. The van der Waals surface area contributed by atoms with Gasteiger partial charge in [0.05, 0.1) is 6.04 Å². The third kappa shape index (κ3) is 5.59. The van der Waals surface area contributed by atoms with Gasteiger partial charge in [0, 0.05) is 6.54 Å². The Labute approximate surface area is 166 Å². The van der Waals surface area contributed by atoms with Gasteiger partial charge in [-0.1, -0.05) is 66.7 Å². The molecule has 0 radical (unpaired) electrons. The minimum Gasteiger partial charge on any atom is -1.00 e. The van der Waals surface area contributed by atoms with E-state index < -0.39 is 6.09 Å². The molecule has 1 amide bonds. The van der Waals surface area contributed by atoms with E-state index in [-0.39, 0.29) is 50.3 Å². The van der Waals surface area contributed by atoms with Gasteiger partial charge in [0.1, 0.15) is 6.61 Å². The Morgan fingerprint density at radius 3 is 2.32 bits per heavy atom. The first kappa shape index (κ1) is 21.2. The third-order valence-corrected chi connectivity index (χ3v) is 3.86. The van der Waals surface area contributed by atoms with Crippen molar-refractivity contribution in [3.05, 3.63) is 83.6 Å². The van der Waals surface area contributed by atoms with Crippen LogP contribution in [-0.4, -0.2) is 17.5 Å². The first-order chi connectivity index (χ1) is 11.2. The van der Waals surface area contributed by atoms with Crippen LogP contribution in [-0.2, 0) is 30.8 Å². The molecule has 0 bridgehead atoms. The van der Waals surface area contributed by atoms with Gasteiger partial charge in [-0.25, -0.2) is 4.79 Å². The van der Waals surface area contributed by atoms with Crippen LogP contribution in [0.1, 0.15) is 23.6 Å². The molecule has 1 aliphatic heterocycles. The number of carbonyl (C=O) groups excluding carboxylic acids is 1. The topological polar surface area (TPSA) is 52.6 Å². The molecule has 0 saturated heterocycles. The van der Waals surface area contributed by atoms with Gasteiger partial charge in [0.25, 0.3) is 0 Å². The minimum atomic E-state index is -0.397. The second-order valence-electron chi connectivity index (χ2n) is 5.47. The zero-order chi connectivity index (χ0) is 16.1. The molecule has 1 atom stereocenters. The van der Waals surface area contributed by atoms with Crippen molar-refractivity contribution in [2.24, 2.45) is 0 Å². The van der Waals surface area contributed by atoms with Gasteiger partial charge in [0.15, 0.2) is 0 Å². The zero-order valence-corrected chi connectivity index (χ0v) is 17.5. The second kappa shape index (κ2) is 10.2.